The van der Waals surface area contributed by atoms with Crippen molar-refractivity contribution in [2.24, 2.45) is 0 Å². The minimum absolute atomic E-state index is 0.315. The Kier molecular flexibility index (Phi) is 7.18. The Morgan fingerprint density at radius 2 is 1.87 bits per heavy atom. The monoisotopic (exact) mass is 315 g/mol. The first-order valence-corrected chi connectivity index (χ1v) is 8.91. The summed E-state index contributed by atoms with van der Waals surface area (Å²) in [4.78, 5) is 11.5. The second kappa shape index (κ2) is 9.39. The Bertz CT molecular complexity index is 498. The van der Waals surface area contributed by atoms with E-state index in [4.69, 9.17) is 4.74 Å². The van der Waals surface area contributed by atoms with Crippen LogP contribution in [0.15, 0.2) is 42.5 Å². The Hall–Kier alpha value is -1.77. The lowest BCUT2D eigenvalue weighted by Gasteiger charge is -2.22. The van der Waals surface area contributed by atoms with E-state index in [9.17, 15) is 4.79 Å². The molecule has 1 N–H and O–H groups in total. The molecule has 3 heteroatoms. The van der Waals surface area contributed by atoms with Crippen molar-refractivity contribution in [3.05, 3.63) is 48.0 Å². The lowest BCUT2D eigenvalue weighted by Crippen LogP contribution is -2.43. The van der Waals surface area contributed by atoms with E-state index < -0.39 is 0 Å². The Labute approximate surface area is 140 Å². The lowest BCUT2D eigenvalue weighted by atomic mass is 9.91. The third kappa shape index (κ3) is 6.09. The van der Waals surface area contributed by atoms with E-state index in [1.54, 1.807) is 0 Å². The summed E-state index contributed by atoms with van der Waals surface area (Å²) < 4.78 is 5.16. The molecule has 1 aliphatic heterocycles. The number of benzene rings is 1. The predicted molar refractivity (Wildman–Crippen MR) is 94.5 cm³/mol. The minimum Gasteiger partial charge on any atom is -0.447 e. The van der Waals surface area contributed by atoms with Gasteiger partial charge in [-0.15, -0.1) is 0 Å². The maximum Gasteiger partial charge on any atom is 0.408 e. The number of cyclic esters (lactones) is 1. The molecule has 0 unspecified atom stereocenters. The highest BCUT2D eigenvalue weighted by Crippen LogP contribution is 2.21. The standard InChI is InChI=1S/C20H29NO2/c1-2-3-4-5-6-7-8-12-15-20(17-23-19(22)21-20)16-18-13-10-9-11-14-18/h9-15H,2-8,16-17H2,1H3,(H,21,22)/b15-12+/t20-/m0/s1. The molecule has 1 atom stereocenters. The maximum absolute atomic E-state index is 11.5. The molecule has 1 saturated heterocycles. The van der Waals surface area contributed by atoms with Crippen LogP contribution in [-0.2, 0) is 11.2 Å². The summed E-state index contributed by atoms with van der Waals surface area (Å²) in [5.41, 5.74) is 0.822. The number of allylic oxidation sites excluding steroid dienone is 1. The van der Waals surface area contributed by atoms with Crippen molar-refractivity contribution in [3.8, 4) is 0 Å². The summed E-state index contributed by atoms with van der Waals surface area (Å²) in [5, 5.41) is 2.99. The smallest absolute Gasteiger partial charge is 0.408 e. The summed E-state index contributed by atoms with van der Waals surface area (Å²) in [6, 6.07) is 10.2. The molecule has 3 nitrogen and oxygen atoms in total. The van der Waals surface area contributed by atoms with Gasteiger partial charge in [-0.3, -0.25) is 0 Å². The Morgan fingerprint density at radius 3 is 2.57 bits per heavy atom. The van der Waals surface area contributed by atoms with Gasteiger partial charge in [-0.1, -0.05) is 81.5 Å². The summed E-state index contributed by atoms with van der Waals surface area (Å²) in [7, 11) is 0. The van der Waals surface area contributed by atoms with Crippen molar-refractivity contribution >= 4 is 6.09 Å². The van der Waals surface area contributed by atoms with Crippen molar-refractivity contribution in [2.75, 3.05) is 6.61 Å². The molecule has 126 valence electrons. The molecule has 1 aliphatic rings. The molecule has 1 heterocycles. The molecule has 23 heavy (non-hydrogen) atoms. The molecule has 1 fully saturated rings. The van der Waals surface area contributed by atoms with Gasteiger partial charge in [-0.05, 0) is 18.4 Å². The summed E-state index contributed by atoms with van der Waals surface area (Å²) in [6.07, 6.45) is 13.7. The number of carbonyl (C=O) groups excluding carboxylic acids is 1. The summed E-state index contributed by atoms with van der Waals surface area (Å²) in [6.45, 7) is 2.65. The first kappa shape index (κ1) is 17.6. The third-order valence-corrected chi connectivity index (χ3v) is 4.34. The van der Waals surface area contributed by atoms with Gasteiger partial charge in [0.1, 0.15) is 6.61 Å². The SMILES string of the molecule is CCCCCCCC/C=C/[C@]1(Cc2ccccc2)COC(=O)N1. The molecule has 1 aromatic carbocycles. The van der Waals surface area contributed by atoms with Gasteiger partial charge < -0.3 is 10.1 Å². The molecule has 1 amide bonds. The van der Waals surface area contributed by atoms with Gasteiger partial charge in [-0.25, -0.2) is 4.79 Å². The molecular weight excluding hydrogens is 286 g/mol. The largest absolute Gasteiger partial charge is 0.447 e. The summed E-state index contributed by atoms with van der Waals surface area (Å²) in [5.74, 6) is 0. The van der Waals surface area contributed by atoms with Crippen LogP contribution in [0.25, 0.3) is 0 Å². The van der Waals surface area contributed by atoms with Gasteiger partial charge in [0, 0.05) is 6.42 Å². The average molecular weight is 315 g/mol. The van der Waals surface area contributed by atoms with Gasteiger partial charge in [0.2, 0.25) is 0 Å². The lowest BCUT2D eigenvalue weighted by molar-refractivity contribution is 0.174. The minimum atomic E-state index is -0.388. The van der Waals surface area contributed by atoms with E-state index in [-0.39, 0.29) is 11.6 Å². The van der Waals surface area contributed by atoms with E-state index in [2.05, 4.69) is 36.5 Å². The van der Waals surface area contributed by atoms with E-state index in [1.165, 1.54) is 44.1 Å². The van der Waals surface area contributed by atoms with Crippen LogP contribution >= 0.6 is 0 Å². The number of hydrogen-bond donors (Lipinski definition) is 1. The van der Waals surface area contributed by atoms with Gasteiger partial charge in [0.05, 0.1) is 5.54 Å². The number of ether oxygens (including phenoxy) is 1. The van der Waals surface area contributed by atoms with Crippen LogP contribution in [0.3, 0.4) is 0 Å². The van der Waals surface area contributed by atoms with Crippen LogP contribution in [0, 0.1) is 0 Å². The topological polar surface area (TPSA) is 38.3 Å². The number of carbonyl (C=O) groups is 1. The van der Waals surface area contributed by atoms with Crippen LogP contribution in [0.2, 0.25) is 0 Å². The Morgan fingerprint density at radius 1 is 1.13 bits per heavy atom. The van der Waals surface area contributed by atoms with Gasteiger partial charge in [0.25, 0.3) is 0 Å². The van der Waals surface area contributed by atoms with Crippen molar-refractivity contribution in [2.45, 2.75) is 63.8 Å². The van der Waals surface area contributed by atoms with E-state index in [1.807, 2.05) is 18.2 Å². The predicted octanol–water partition coefficient (Wildman–Crippen LogP) is 5.01. The molecule has 0 bridgehead atoms. The van der Waals surface area contributed by atoms with E-state index >= 15 is 0 Å². The fourth-order valence-corrected chi connectivity index (χ4v) is 3.03. The van der Waals surface area contributed by atoms with Crippen molar-refractivity contribution in [3.63, 3.8) is 0 Å². The maximum atomic E-state index is 11.5. The van der Waals surface area contributed by atoms with Crippen LogP contribution < -0.4 is 5.32 Å². The quantitative estimate of drug-likeness (QED) is 0.486. The molecule has 0 saturated carbocycles. The number of nitrogens with one attached hydrogen (secondary N) is 1. The zero-order valence-electron chi connectivity index (χ0n) is 14.2. The molecule has 0 radical (unpaired) electrons. The van der Waals surface area contributed by atoms with E-state index in [0.717, 1.165) is 12.8 Å². The second-order valence-electron chi connectivity index (χ2n) is 6.48. The number of amides is 1. The molecular formula is C20H29NO2. The Balaban J connectivity index is 1.82. The highest BCUT2D eigenvalue weighted by molar-refractivity contribution is 5.71. The van der Waals surface area contributed by atoms with Crippen LogP contribution in [0.4, 0.5) is 4.79 Å². The average Bonchev–Trinajstić information content (AvgIpc) is 2.92. The van der Waals surface area contributed by atoms with Crippen molar-refractivity contribution in [1.29, 1.82) is 0 Å². The van der Waals surface area contributed by atoms with Crippen LogP contribution in [-0.4, -0.2) is 18.2 Å². The van der Waals surface area contributed by atoms with E-state index in [0.29, 0.717) is 6.61 Å². The number of alkyl carbamates (subject to hydrolysis) is 1. The first-order valence-electron chi connectivity index (χ1n) is 8.91. The van der Waals surface area contributed by atoms with Crippen LogP contribution in [0.5, 0.6) is 0 Å². The zero-order chi connectivity index (χ0) is 16.4. The van der Waals surface area contributed by atoms with Crippen molar-refractivity contribution in [1.82, 2.24) is 5.32 Å². The first-order chi connectivity index (χ1) is 11.2. The summed E-state index contributed by atoms with van der Waals surface area (Å²) >= 11 is 0. The molecule has 1 aromatic rings. The molecule has 0 aliphatic carbocycles. The second-order valence-corrected chi connectivity index (χ2v) is 6.48. The molecule has 2 rings (SSSR count). The highest BCUT2D eigenvalue weighted by atomic mass is 16.6. The van der Waals surface area contributed by atoms with Crippen LogP contribution in [0.1, 0.15) is 57.4 Å². The third-order valence-electron chi connectivity index (χ3n) is 4.34. The van der Waals surface area contributed by atoms with Gasteiger partial charge in [-0.2, -0.15) is 0 Å². The zero-order valence-corrected chi connectivity index (χ0v) is 14.2. The highest BCUT2D eigenvalue weighted by Gasteiger charge is 2.37. The normalized spacial score (nSPS) is 20.7. The molecule has 0 spiro atoms. The van der Waals surface area contributed by atoms with Crippen molar-refractivity contribution < 1.29 is 9.53 Å². The fourth-order valence-electron chi connectivity index (χ4n) is 3.03. The number of rotatable bonds is 10. The molecule has 0 aromatic heterocycles. The van der Waals surface area contributed by atoms with Gasteiger partial charge in [0.15, 0.2) is 0 Å². The van der Waals surface area contributed by atoms with Gasteiger partial charge >= 0.3 is 6.09 Å². The number of hydrogen-bond acceptors (Lipinski definition) is 2. The fraction of sp³-hybridized carbons (Fsp3) is 0.550. The number of unbranched alkanes of at least 4 members (excludes halogenated alkanes) is 6.